The van der Waals surface area contributed by atoms with Gasteiger partial charge in [-0.25, -0.2) is 13.8 Å². The largest absolute Gasteiger partial charge is 0.336 e. The standard InChI is InChI=1S/C20H20F2N2S/c1-20(14-24-12-11-23-15-24,25-19-4-2-3-18(22)13-19)10-9-16-5-7-17(21)8-6-16/h2-8,11-13,15H,9-10,14H2,1H3. The first-order valence-electron chi connectivity index (χ1n) is 8.17. The molecular formula is C20H20F2N2S. The van der Waals surface area contributed by atoms with Gasteiger partial charge >= 0.3 is 0 Å². The van der Waals surface area contributed by atoms with Crippen molar-refractivity contribution in [3.63, 3.8) is 0 Å². The van der Waals surface area contributed by atoms with Crippen LogP contribution >= 0.6 is 11.8 Å². The molecule has 25 heavy (non-hydrogen) atoms. The van der Waals surface area contributed by atoms with Crippen LogP contribution in [0.4, 0.5) is 8.78 Å². The fourth-order valence-corrected chi connectivity index (χ4v) is 4.11. The lowest BCUT2D eigenvalue weighted by molar-refractivity contribution is 0.495. The molecular weight excluding hydrogens is 338 g/mol. The molecule has 1 heterocycles. The van der Waals surface area contributed by atoms with E-state index in [-0.39, 0.29) is 16.4 Å². The Kier molecular flexibility index (Phi) is 5.53. The third kappa shape index (κ3) is 5.16. The normalized spacial score (nSPS) is 13.6. The summed E-state index contributed by atoms with van der Waals surface area (Å²) in [7, 11) is 0. The second-order valence-corrected chi connectivity index (χ2v) is 8.03. The van der Waals surface area contributed by atoms with Gasteiger partial charge in [-0.05, 0) is 55.7 Å². The number of benzene rings is 2. The Balaban J connectivity index is 1.76. The molecule has 0 fully saturated rings. The van der Waals surface area contributed by atoms with Gasteiger partial charge in [0.05, 0.1) is 6.33 Å². The average Bonchev–Trinajstić information content (AvgIpc) is 3.07. The molecule has 1 unspecified atom stereocenters. The fraction of sp³-hybridized carbons (Fsp3) is 0.250. The molecule has 0 amide bonds. The SMILES string of the molecule is CC(CCc1ccc(F)cc1)(Cn1ccnc1)Sc1cccc(F)c1. The van der Waals surface area contributed by atoms with Gasteiger partial charge < -0.3 is 4.57 Å². The topological polar surface area (TPSA) is 17.8 Å². The molecule has 3 aromatic rings. The van der Waals surface area contributed by atoms with Crippen LogP contribution in [-0.4, -0.2) is 14.3 Å². The third-order valence-corrected chi connectivity index (χ3v) is 5.41. The fourth-order valence-electron chi connectivity index (χ4n) is 2.80. The minimum atomic E-state index is -0.228. The summed E-state index contributed by atoms with van der Waals surface area (Å²) < 4.78 is 28.5. The maximum atomic E-state index is 13.5. The van der Waals surface area contributed by atoms with Gasteiger partial charge in [0.2, 0.25) is 0 Å². The molecule has 3 rings (SSSR count). The van der Waals surface area contributed by atoms with E-state index in [1.54, 1.807) is 36.4 Å². The molecule has 0 spiro atoms. The van der Waals surface area contributed by atoms with E-state index in [1.807, 2.05) is 29.0 Å². The van der Waals surface area contributed by atoms with Gasteiger partial charge in [-0.3, -0.25) is 0 Å². The summed E-state index contributed by atoms with van der Waals surface area (Å²) in [6.45, 7) is 2.93. The zero-order chi connectivity index (χ0) is 17.7. The predicted octanol–water partition coefficient (Wildman–Crippen LogP) is 5.35. The van der Waals surface area contributed by atoms with Crippen LogP contribution in [0.2, 0.25) is 0 Å². The van der Waals surface area contributed by atoms with Crippen LogP contribution in [0.5, 0.6) is 0 Å². The zero-order valence-electron chi connectivity index (χ0n) is 14.0. The van der Waals surface area contributed by atoms with Crippen LogP contribution in [0.3, 0.4) is 0 Å². The number of hydrogen-bond acceptors (Lipinski definition) is 2. The number of rotatable bonds is 7. The molecule has 2 nitrogen and oxygen atoms in total. The van der Waals surface area contributed by atoms with Gasteiger partial charge in [0, 0.05) is 28.6 Å². The lowest BCUT2D eigenvalue weighted by Crippen LogP contribution is -2.27. The molecule has 0 saturated carbocycles. The Labute approximate surface area is 150 Å². The van der Waals surface area contributed by atoms with E-state index < -0.39 is 0 Å². The Morgan fingerprint density at radius 2 is 1.88 bits per heavy atom. The summed E-state index contributed by atoms with van der Waals surface area (Å²) in [5.74, 6) is -0.451. The van der Waals surface area contributed by atoms with E-state index in [4.69, 9.17) is 0 Å². The molecule has 2 aromatic carbocycles. The van der Waals surface area contributed by atoms with Gasteiger partial charge in [-0.2, -0.15) is 0 Å². The van der Waals surface area contributed by atoms with Crippen molar-refractivity contribution in [3.05, 3.63) is 84.4 Å². The highest BCUT2D eigenvalue weighted by atomic mass is 32.2. The molecule has 130 valence electrons. The number of halogens is 2. The second kappa shape index (κ2) is 7.83. The highest BCUT2D eigenvalue weighted by Gasteiger charge is 2.26. The maximum absolute atomic E-state index is 13.5. The quantitative estimate of drug-likeness (QED) is 0.530. The smallest absolute Gasteiger partial charge is 0.124 e. The zero-order valence-corrected chi connectivity index (χ0v) is 14.8. The molecule has 0 aliphatic carbocycles. The van der Waals surface area contributed by atoms with Crippen LogP contribution in [0.15, 0.2) is 72.1 Å². The van der Waals surface area contributed by atoms with Gasteiger partial charge in [0.15, 0.2) is 0 Å². The van der Waals surface area contributed by atoms with E-state index in [1.165, 1.54) is 18.2 Å². The summed E-state index contributed by atoms with van der Waals surface area (Å²) in [6, 6.07) is 13.3. The van der Waals surface area contributed by atoms with Crippen molar-refractivity contribution in [2.24, 2.45) is 0 Å². The van der Waals surface area contributed by atoms with Crippen molar-refractivity contribution in [3.8, 4) is 0 Å². The van der Waals surface area contributed by atoms with Crippen molar-refractivity contribution in [1.29, 1.82) is 0 Å². The minimum Gasteiger partial charge on any atom is -0.336 e. The molecule has 1 atom stereocenters. The number of aryl methyl sites for hydroxylation is 1. The lowest BCUT2D eigenvalue weighted by atomic mass is 10.00. The Morgan fingerprint density at radius 3 is 2.56 bits per heavy atom. The van der Waals surface area contributed by atoms with E-state index >= 15 is 0 Å². The molecule has 0 N–H and O–H groups in total. The second-order valence-electron chi connectivity index (χ2n) is 6.37. The molecule has 5 heteroatoms. The van der Waals surface area contributed by atoms with Crippen molar-refractivity contribution in [2.45, 2.75) is 36.0 Å². The monoisotopic (exact) mass is 358 g/mol. The van der Waals surface area contributed by atoms with E-state index in [0.717, 1.165) is 29.8 Å². The Bertz CT molecular complexity index is 803. The van der Waals surface area contributed by atoms with Crippen molar-refractivity contribution >= 4 is 11.8 Å². The van der Waals surface area contributed by atoms with Crippen LogP contribution in [0.1, 0.15) is 18.9 Å². The summed E-state index contributed by atoms with van der Waals surface area (Å²) >= 11 is 1.66. The maximum Gasteiger partial charge on any atom is 0.124 e. The summed E-state index contributed by atoms with van der Waals surface area (Å²) in [5.41, 5.74) is 1.10. The van der Waals surface area contributed by atoms with Crippen molar-refractivity contribution in [2.75, 3.05) is 0 Å². The van der Waals surface area contributed by atoms with Crippen molar-refractivity contribution < 1.29 is 8.78 Å². The molecule has 0 bridgehead atoms. The summed E-state index contributed by atoms with van der Waals surface area (Å²) in [4.78, 5) is 5.01. The number of nitrogens with zero attached hydrogens (tertiary/aromatic N) is 2. The van der Waals surface area contributed by atoms with Gasteiger partial charge in [-0.15, -0.1) is 11.8 Å². The van der Waals surface area contributed by atoms with Gasteiger partial charge in [-0.1, -0.05) is 18.2 Å². The summed E-state index contributed by atoms with van der Waals surface area (Å²) in [5, 5.41) is 0. The Morgan fingerprint density at radius 1 is 1.08 bits per heavy atom. The van der Waals surface area contributed by atoms with Gasteiger partial charge in [0.1, 0.15) is 11.6 Å². The average molecular weight is 358 g/mol. The molecule has 1 aromatic heterocycles. The highest BCUT2D eigenvalue weighted by molar-refractivity contribution is 8.00. The van der Waals surface area contributed by atoms with E-state index in [2.05, 4.69) is 11.9 Å². The minimum absolute atomic E-state index is 0.150. The van der Waals surface area contributed by atoms with E-state index in [0.29, 0.717) is 0 Å². The van der Waals surface area contributed by atoms with Crippen LogP contribution < -0.4 is 0 Å². The predicted molar refractivity (Wildman–Crippen MR) is 97.6 cm³/mol. The van der Waals surface area contributed by atoms with Crippen molar-refractivity contribution in [1.82, 2.24) is 9.55 Å². The highest BCUT2D eigenvalue weighted by Crippen LogP contribution is 2.38. The van der Waals surface area contributed by atoms with Crippen LogP contribution in [0, 0.1) is 11.6 Å². The lowest BCUT2D eigenvalue weighted by Gasteiger charge is -2.29. The molecule has 0 aliphatic rings. The third-order valence-electron chi connectivity index (χ3n) is 4.09. The Hall–Kier alpha value is -2.14. The van der Waals surface area contributed by atoms with Crippen LogP contribution in [-0.2, 0) is 13.0 Å². The molecule has 0 saturated heterocycles. The first-order chi connectivity index (χ1) is 12.0. The van der Waals surface area contributed by atoms with E-state index in [9.17, 15) is 8.78 Å². The first kappa shape index (κ1) is 17.7. The first-order valence-corrected chi connectivity index (χ1v) is 8.99. The molecule has 0 radical (unpaired) electrons. The number of imidazole rings is 1. The molecule has 0 aliphatic heterocycles. The summed E-state index contributed by atoms with van der Waals surface area (Å²) in [6.07, 6.45) is 7.18. The number of aromatic nitrogens is 2. The van der Waals surface area contributed by atoms with Gasteiger partial charge in [0.25, 0.3) is 0 Å². The number of hydrogen-bond donors (Lipinski definition) is 0. The number of thioether (sulfide) groups is 1. The van der Waals surface area contributed by atoms with Crippen LogP contribution in [0.25, 0.3) is 0 Å².